The molecule has 8 heteroatoms. The molecule has 19 heavy (non-hydrogen) atoms. The summed E-state index contributed by atoms with van der Waals surface area (Å²) in [6.45, 7) is 0.415. The van der Waals surface area contributed by atoms with Crippen molar-refractivity contribution < 1.29 is 22.5 Å². The van der Waals surface area contributed by atoms with Gasteiger partial charge in [-0.15, -0.1) is 0 Å². The van der Waals surface area contributed by atoms with Gasteiger partial charge in [0, 0.05) is 18.3 Å². The zero-order chi connectivity index (χ0) is 14.6. The summed E-state index contributed by atoms with van der Waals surface area (Å²) in [5.41, 5.74) is -0.718. The molecule has 1 aromatic carbocycles. The Balaban J connectivity index is 3.11. The van der Waals surface area contributed by atoms with E-state index in [1.807, 2.05) is 0 Å². The number of nitro groups is 1. The predicted octanol–water partition coefficient (Wildman–Crippen LogP) is 3.51. The molecule has 0 unspecified atom stereocenters. The van der Waals surface area contributed by atoms with Crippen LogP contribution in [0.4, 0.5) is 28.9 Å². The van der Waals surface area contributed by atoms with Crippen molar-refractivity contribution in [3.05, 3.63) is 34.1 Å². The number of rotatable bonds is 5. The molecule has 0 radical (unpaired) electrons. The van der Waals surface area contributed by atoms with Gasteiger partial charge in [0.05, 0.1) is 11.0 Å². The van der Waals surface area contributed by atoms with Crippen molar-refractivity contribution in [1.82, 2.24) is 0 Å². The van der Waals surface area contributed by atoms with E-state index in [9.17, 15) is 27.7 Å². The third kappa shape index (κ3) is 4.72. The molecule has 0 saturated carbocycles. The van der Waals surface area contributed by atoms with Crippen molar-refractivity contribution in [3.63, 3.8) is 0 Å². The molecule has 0 amide bonds. The molecule has 1 aromatic rings. The first kappa shape index (κ1) is 15.2. The lowest BCUT2D eigenvalue weighted by Crippen LogP contribution is -2.34. The quantitative estimate of drug-likeness (QED) is 0.471. The first-order chi connectivity index (χ1) is 8.73. The van der Waals surface area contributed by atoms with E-state index < -0.39 is 29.1 Å². The van der Waals surface area contributed by atoms with Gasteiger partial charge in [-0.2, -0.15) is 13.2 Å². The predicted molar refractivity (Wildman–Crippen MR) is 61.6 cm³/mol. The van der Waals surface area contributed by atoms with E-state index in [1.54, 1.807) is 6.92 Å². The van der Waals surface area contributed by atoms with Crippen LogP contribution in [0.3, 0.4) is 0 Å². The standard InChI is InChI=1S/C11H12F4N2O2/c1-2-3-16(7-11(13,14)15)9-4-8(12)5-10(6-9)17(18)19/h4-6H,2-3,7H2,1H3. The van der Waals surface area contributed by atoms with E-state index in [-0.39, 0.29) is 12.2 Å². The molecule has 0 N–H and O–H groups in total. The van der Waals surface area contributed by atoms with Crippen LogP contribution in [0.5, 0.6) is 0 Å². The van der Waals surface area contributed by atoms with Gasteiger partial charge in [0.2, 0.25) is 0 Å². The minimum absolute atomic E-state index is 0.0279. The van der Waals surface area contributed by atoms with E-state index in [0.717, 1.165) is 17.0 Å². The van der Waals surface area contributed by atoms with E-state index in [1.165, 1.54) is 0 Å². The molecule has 4 nitrogen and oxygen atoms in total. The highest BCUT2D eigenvalue weighted by Gasteiger charge is 2.31. The summed E-state index contributed by atoms with van der Waals surface area (Å²) in [6.07, 6.45) is -4.06. The van der Waals surface area contributed by atoms with Crippen LogP contribution in [-0.4, -0.2) is 24.2 Å². The third-order valence-electron chi connectivity index (χ3n) is 2.31. The number of alkyl halides is 3. The van der Waals surface area contributed by atoms with Gasteiger partial charge in [-0.25, -0.2) is 4.39 Å². The smallest absolute Gasteiger partial charge is 0.362 e. The minimum atomic E-state index is -4.46. The van der Waals surface area contributed by atoms with Crippen LogP contribution < -0.4 is 4.90 Å². The van der Waals surface area contributed by atoms with Crippen LogP contribution >= 0.6 is 0 Å². The Labute approximate surface area is 106 Å². The fraction of sp³-hybridized carbons (Fsp3) is 0.455. The van der Waals surface area contributed by atoms with Gasteiger partial charge in [0.25, 0.3) is 5.69 Å². The summed E-state index contributed by atoms with van der Waals surface area (Å²) < 4.78 is 50.4. The summed E-state index contributed by atoms with van der Waals surface area (Å²) in [5, 5.41) is 10.6. The molecule has 0 aliphatic heterocycles. The summed E-state index contributed by atoms with van der Waals surface area (Å²) in [7, 11) is 0. The number of non-ortho nitro benzene ring substituents is 1. The zero-order valence-electron chi connectivity index (χ0n) is 10.1. The highest BCUT2D eigenvalue weighted by atomic mass is 19.4. The molecule has 0 atom stereocenters. The Hall–Kier alpha value is -1.86. The fourth-order valence-electron chi connectivity index (χ4n) is 1.63. The molecule has 0 fully saturated rings. The number of nitro benzene ring substituents is 1. The molecule has 0 heterocycles. The maximum atomic E-state index is 13.2. The number of hydrogen-bond donors (Lipinski definition) is 0. The fourth-order valence-corrected chi connectivity index (χ4v) is 1.63. The summed E-state index contributed by atoms with van der Waals surface area (Å²) in [4.78, 5) is 10.6. The minimum Gasteiger partial charge on any atom is -0.362 e. The maximum Gasteiger partial charge on any atom is 0.405 e. The normalized spacial score (nSPS) is 11.4. The van der Waals surface area contributed by atoms with E-state index >= 15 is 0 Å². The van der Waals surface area contributed by atoms with Gasteiger partial charge in [-0.1, -0.05) is 6.92 Å². The van der Waals surface area contributed by atoms with Crippen LogP contribution in [0, 0.1) is 15.9 Å². The molecule has 0 bridgehead atoms. The Morgan fingerprint density at radius 1 is 1.32 bits per heavy atom. The summed E-state index contributed by atoms with van der Waals surface area (Å²) in [5.74, 6) is -0.938. The van der Waals surface area contributed by atoms with Gasteiger partial charge in [-0.05, 0) is 12.5 Å². The van der Waals surface area contributed by atoms with Crippen molar-refractivity contribution in [3.8, 4) is 0 Å². The summed E-state index contributed by atoms with van der Waals surface area (Å²) >= 11 is 0. The van der Waals surface area contributed by atoms with Crippen LogP contribution in [0.15, 0.2) is 18.2 Å². The van der Waals surface area contributed by atoms with E-state index in [2.05, 4.69) is 0 Å². The molecule has 1 rings (SSSR count). The van der Waals surface area contributed by atoms with Crippen LogP contribution in [-0.2, 0) is 0 Å². The van der Waals surface area contributed by atoms with Crippen LogP contribution in [0.25, 0.3) is 0 Å². The first-order valence-corrected chi connectivity index (χ1v) is 5.49. The molecule has 0 spiro atoms. The number of nitrogens with zero attached hydrogens (tertiary/aromatic N) is 2. The highest BCUT2D eigenvalue weighted by Crippen LogP contribution is 2.26. The topological polar surface area (TPSA) is 46.4 Å². The van der Waals surface area contributed by atoms with Crippen molar-refractivity contribution in [2.75, 3.05) is 18.0 Å². The molecular weight excluding hydrogens is 268 g/mol. The Bertz CT molecular complexity index is 462. The molecule has 0 saturated heterocycles. The van der Waals surface area contributed by atoms with Gasteiger partial charge in [0.1, 0.15) is 12.4 Å². The average Bonchev–Trinajstić information content (AvgIpc) is 2.25. The SMILES string of the molecule is CCCN(CC(F)(F)F)c1cc(F)cc([N+](=O)[O-])c1. The third-order valence-corrected chi connectivity index (χ3v) is 2.31. The second-order valence-electron chi connectivity index (χ2n) is 3.96. The largest absolute Gasteiger partial charge is 0.405 e. The van der Waals surface area contributed by atoms with Crippen molar-refractivity contribution in [2.45, 2.75) is 19.5 Å². The van der Waals surface area contributed by atoms with Crippen molar-refractivity contribution in [2.24, 2.45) is 0 Å². The number of anilines is 1. The number of benzene rings is 1. The first-order valence-electron chi connectivity index (χ1n) is 5.49. The van der Waals surface area contributed by atoms with Crippen molar-refractivity contribution in [1.29, 1.82) is 0 Å². The van der Waals surface area contributed by atoms with Crippen molar-refractivity contribution >= 4 is 11.4 Å². The number of hydrogen-bond acceptors (Lipinski definition) is 3. The second-order valence-corrected chi connectivity index (χ2v) is 3.96. The lowest BCUT2D eigenvalue weighted by Gasteiger charge is -2.25. The summed E-state index contributed by atoms with van der Waals surface area (Å²) in [6, 6.07) is 2.46. The van der Waals surface area contributed by atoms with Gasteiger partial charge < -0.3 is 4.90 Å². The lowest BCUT2D eigenvalue weighted by molar-refractivity contribution is -0.385. The van der Waals surface area contributed by atoms with Gasteiger partial charge in [0.15, 0.2) is 0 Å². The Morgan fingerprint density at radius 3 is 2.42 bits per heavy atom. The zero-order valence-corrected chi connectivity index (χ0v) is 10.1. The van der Waals surface area contributed by atoms with Gasteiger partial charge in [-0.3, -0.25) is 10.1 Å². The monoisotopic (exact) mass is 280 g/mol. The highest BCUT2D eigenvalue weighted by molar-refractivity contribution is 5.53. The number of halogens is 4. The molecule has 0 aliphatic carbocycles. The van der Waals surface area contributed by atoms with Gasteiger partial charge >= 0.3 is 6.18 Å². The second kappa shape index (κ2) is 5.85. The Morgan fingerprint density at radius 2 is 1.95 bits per heavy atom. The maximum absolute atomic E-state index is 13.2. The van der Waals surface area contributed by atoms with Crippen LogP contribution in [0.1, 0.15) is 13.3 Å². The van der Waals surface area contributed by atoms with E-state index in [4.69, 9.17) is 0 Å². The molecule has 0 aliphatic rings. The lowest BCUT2D eigenvalue weighted by atomic mass is 10.2. The van der Waals surface area contributed by atoms with E-state index in [0.29, 0.717) is 12.5 Å². The average molecular weight is 280 g/mol. The Kier molecular flexibility index (Phi) is 4.68. The molecular formula is C11H12F4N2O2. The molecule has 0 aromatic heterocycles. The van der Waals surface area contributed by atoms with Crippen LogP contribution in [0.2, 0.25) is 0 Å². The molecule has 106 valence electrons.